The van der Waals surface area contributed by atoms with Crippen molar-refractivity contribution < 1.29 is 22.7 Å². The molecule has 0 bridgehead atoms. The molecule has 0 saturated carbocycles. The van der Waals surface area contributed by atoms with Gasteiger partial charge in [0.15, 0.2) is 0 Å². The van der Waals surface area contributed by atoms with Crippen molar-refractivity contribution in [2.45, 2.75) is 25.1 Å². The van der Waals surface area contributed by atoms with Crippen molar-refractivity contribution in [3.8, 4) is 0 Å². The van der Waals surface area contributed by atoms with Crippen LogP contribution in [-0.2, 0) is 9.53 Å². The lowest BCUT2D eigenvalue weighted by atomic mass is 9.94. The first-order chi connectivity index (χ1) is 9.43. The van der Waals surface area contributed by atoms with Crippen LogP contribution in [0.2, 0.25) is 0 Å². The van der Waals surface area contributed by atoms with E-state index in [0.29, 0.717) is 5.69 Å². The van der Waals surface area contributed by atoms with Crippen molar-refractivity contribution in [3.05, 3.63) is 42.6 Å². The Morgan fingerprint density at radius 1 is 1.35 bits per heavy atom. The number of benzene rings is 1. The SMILES string of the molecule is CCOC(=O)C1(C(F)(F)F)CC=CN1c1ccccc1. The summed E-state index contributed by atoms with van der Waals surface area (Å²) in [6.45, 7) is 1.39. The zero-order valence-electron chi connectivity index (χ0n) is 10.9. The molecule has 20 heavy (non-hydrogen) atoms. The molecule has 0 spiro atoms. The van der Waals surface area contributed by atoms with Crippen LogP contribution in [0.5, 0.6) is 0 Å². The minimum absolute atomic E-state index is 0.0979. The van der Waals surface area contributed by atoms with Gasteiger partial charge in [0.2, 0.25) is 5.54 Å². The lowest BCUT2D eigenvalue weighted by Gasteiger charge is -2.38. The van der Waals surface area contributed by atoms with E-state index in [9.17, 15) is 18.0 Å². The first kappa shape index (κ1) is 14.4. The molecule has 0 N–H and O–H groups in total. The molecule has 0 aromatic heterocycles. The van der Waals surface area contributed by atoms with E-state index in [1.165, 1.54) is 31.3 Å². The summed E-state index contributed by atoms with van der Waals surface area (Å²) in [7, 11) is 0. The van der Waals surface area contributed by atoms with Crippen LogP contribution in [-0.4, -0.2) is 24.3 Å². The highest BCUT2D eigenvalue weighted by atomic mass is 19.4. The number of esters is 1. The molecule has 1 atom stereocenters. The Morgan fingerprint density at radius 3 is 2.55 bits per heavy atom. The van der Waals surface area contributed by atoms with Crippen LogP contribution in [0.25, 0.3) is 0 Å². The average molecular weight is 285 g/mol. The summed E-state index contributed by atoms with van der Waals surface area (Å²) in [6, 6.07) is 7.98. The fraction of sp³-hybridized carbons (Fsp3) is 0.357. The first-order valence-corrected chi connectivity index (χ1v) is 6.18. The minimum Gasteiger partial charge on any atom is -0.464 e. The van der Waals surface area contributed by atoms with E-state index in [0.717, 1.165) is 4.90 Å². The molecule has 1 heterocycles. The van der Waals surface area contributed by atoms with Crippen LogP contribution in [0.3, 0.4) is 0 Å². The molecule has 1 aliphatic heterocycles. The molecule has 108 valence electrons. The summed E-state index contributed by atoms with van der Waals surface area (Å²) in [6.07, 6.45) is -2.58. The van der Waals surface area contributed by atoms with Gasteiger partial charge in [0.25, 0.3) is 0 Å². The highest BCUT2D eigenvalue weighted by molar-refractivity contribution is 5.88. The zero-order chi connectivity index (χ0) is 14.8. The summed E-state index contributed by atoms with van der Waals surface area (Å²) in [4.78, 5) is 12.9. The second-order valence-electron chi connectivity index (χ2n) is 4.37. The van der Waals surface area contributed by atoms with Gasteiger partial charge >= 0.3 is 12.1 Å². The third-order valence-corrected chi connectivity index (χ3v) is 3.20. The number of alkyl halides is 3. The third kappa shape index (κ3) is 2.15. The Hall–Kier alpha value is -1.98. The highest BCUT2D eigenvalue weighted by Crippen LogP contribution is 2.45. The molecule has 1 aromatic carbocycles. The van der Waals surface area contributed by atoms with Crippen molar-refractivity contribution >= 4 is 11.7 Å². The van der Waals surface area contributed by atoms with Crippen LogP contribution in [0, 0.1) is 0 Å². The molecular weight excluding hydrogens is 271 g/mol. The van der Waals surface area contributed by atoms with Crippen molar-refractivity contribution in [2.24, 2.45) is 0 Å². The van der Waals surface area contributed by atoms with E-state index in [1.807, 2.05) is 0 Å². The largest absolute Gasteiger partial charge is 0.464 e. The monoisotopic (exact) mass is 285 g/mol. The number of hydrogen-bond acceptors (Lipinski definition) is 3. The standard InChI is InChI=1S/C14H14F3NO2/c1-2-20-12(19)13(14(15,16)17)9-6-10-18(13)11-7-4-3-5-8-11/h3-8,10H,2,9H2,1H3. The fourth-order valence-electron chi connectivity index (χ4n) is 2.25. The number of carbonyl (C=O) groups excluding carboxylic acids is 1. The Morgan fingerprint density at radius 2 is 2.00 bits per heavy atom. The predicted octanol–water partition coefficient (Wildman–Crippen LogP) is 3.27. The van der Waals surface area contributed by atoms with Crippen LogP contribution in [0.1, 0.15) is 13.3 Å². The second kappa shape index (κ2) is 5.19. The van der Waals surface area contributed by atoms with Crippen molar-refractivity contribution in [1.82, 2.24) is 0 Å². The van der Waals surface area contributed by atoms with Crippen LogP contribution in [0.4, 0.5) is 18.9 Å². The number of ether oxygens (including phenoxy) is 1. The molecule has 0 radical (unpaired) electrons. The smallest absolute Gasteiger partial charge is 0.423 e. The number of halogens is 3. The van der Waals surface area contributed by atoms with Gasteiger partial charge in [-0.2, -0.15) is 13.2 Å². The Bertz CT molecular complexity index is 513. The number of nitrogens with zero attached hydrogens (tertiary/aromatic N) is 1. The van der Waals surface area contributed by atoms with Crippen LogP contribution < -0.4 is 4.90 Å². The maximum Gasteiger partial charge on any atom is 0.423 e. The van der Waals surface area contributed by atoms with Crippen molar-refractivity contribution in [3.63, 3.8) is 0 Å². The third-order valence-electron chi connectivity index (χ3n) is 3.20. The average Bonchev–Trinajstić information content (AvgIpc) is 2.85. The molecule has 2 rings (SSSR count). The van der Waals surface area contributed by atoms with Crippen molar-refractivity contribution in [2.75, 3.05) is 11.5 Å². The van der Waals surface area contributed by atoms with Gasteiger partial charge in [0.1, 0.15) is 0 Å². The number of anilines is 1. The molecule has 1 aromatic rings. The normalized spacial score (nSPS) is 22.1. The van der Waals surface area contributed by atoms with Gasteiger partial charge in [-0.1, -0.05) is 24.3 Å². The maximum absolute atomic E-state index is 13.5. The Kier molecular flexibility index (Phi) is 3.74. The summed E-state index contributed by atoms with van der Waals surface area (Å²) in [5.74, 6) is -1.28. The molecule has 0 fully saturated rings. The first-order valence-electron chi connectivity index (χ1n) is 6.18. The highest BCUT2D eigenvalue weighted by Gasteiger charge is 2.66. The van der Waals surface area contributed by atoms with E-state index < -0.39 is 24.1 Å². The predicted molar refractivity (Wildman–Crippen MR) is 68.1 cm³/mol. The molecule has 1 unspecified atom stereocenters. The zero-order valence-corrected chi connectivity index (χ0v) is 10.9. The molecule has 0 saturated heterocycles. The number of carbonyl (C=O) groups is 1. The number of para-hydroxylation sites is 1. The summed E-state index contributed by atoms with van der Waals surface area (Å²) < 4.78 is 45.3. The van der Waals surface area contributed by atoms with Gasteiger partial charge in [-0.15, -0.1) is 0 Å². The van der Waals surface area contributed by atoms with Gasteiger partial charge in [-0.25, -0.2) is 4.79 Å². The number of rotatable bonds is 3. The summed E-state index contributed by atoms with van der Waals surface area (Å²) in [5, 5.41) is 0. The van der Waals surface area contributed by atoms with Crippen molar-refractivity contribution in [1.29, 1.82) is 0 Å². The lowest BCUT2D eigenvalue weighted by molar-refractivity contribution is -0.203. The number of hydrogen-bond donors (Lipinski definition) is 0. The van der Waals surface area contributed by atoms with E-state index in [2.05, 4.69) is 4.74 Å². The second-order valence-corrected chi connectivity index (χ2v) is 4.37. The van der Waals surface area contributed by atoms with Gasteiger partial charge in [0, 0.05) is 18.3 Å². The molecule has 3 nitrogen and oxygen atoms in total. The molecule has 6 heteroatoms. The summed E-state index contributed by atoms with van der Waals surface area (Å²) in [5.41, 5.74) is -2.38. The molecule has 0 amide bonds. The van der Waals surface area contributed by atoms with E-state index in [-0.39, 0.29) is 6.61 Å². The molecular formula is C14H14F3NO2. The van der Waals surface area contributed by atoms with Gasteiger partial charge in [-0.3, -0.25) is 0 Å². The van der Waals surface area contributed by atoms with Gasteiger partial charge in [0.05, 0.1) is 6.61 Å². The van der Waals surface area contributed by atoms with Crippen LogP contribution in [0.15, 0.2) is 42.6 Å². The van der Waals surface area contributed by atoms with E-state index in [1.54, 1.807) is 18.2 Å². The lowest BCUT2D eigenvalue weighted by Crippen LogP contribution is -2.61. The Balaban J connectivity index is 2.49. The van der Waals surface area contributed by atoms with E-state index >= 15 is 0 Å². The maximum atomic E-state index is 13.5. The topological polar surface area (TPSA) is 29.5 Å². The Labute approximate surface area is 114 Å². The van der Waals surface area contributed by atoms with Gasteiger partial charge in [-0.05, 0) is 19.1 Å². The van der Waals surface area contributed by atoms with E-state index in [4.69, 9.17) is 0 Å². The van der Waals surface area contributed by atoms with Crippen LogP contribution >= 0.6 is 0 Å². The molecule has 1 aliphatic rings. The fourth-order valence-corrected chi connectivity index (χ4v) is 2.25. The minimum atomic E-state index is -4.74. The molecule has 0 aliphatic carbocycles. The summed E-state index contributed by atoms with van der Waals surface area (Å²) >= 11 is 0. The van der Waals surface area contributed by atoms with Gasteiger partial charge < -0.3 is 9.64 Å². The quantitative estimate of drug-likeness (QED) is 0.798.